The van der Waals surface area contributed by atoms with Crippen molar-refractivity contribution in [1.29, 1.82) is 0 Å². The number of methoxy groups -OCH3 is 2. The van der Waals surface area contributed by atoms with Crippen molar-refractivity contribution >= 4 is 14.0 Å². The van der Waals surface area contributed by atoms with Crippen molar-refractivity contribution in [2.75, 3.05) is 34.2 Å². The Hall–Kier alpha value is -1.89. The average Bonchev–Trinajstić information content (AvgIpc) is 3.01. The summed E-state index contributed by atoms with van der Waals surface area (Å²) in [7, 11) is 1.84. The van der Waals surface area contributed by atoms with Gasteiger partial charge in [-0.1, -0.05) is 75.5 Å². The normalized spacial score (nSPS) is 28.1. The van der Waals surface area contributed by atoms with E-state index in [2.05, 4.69) is 52.2 Å². The summed E-state index contributed by atoms with van der Waals surface area (Å²) in [5.74, 6) is -1.47. The number of carbonyl (C=O) groups is 1. The molecule has 0 radical (unpaired) electrons. The number of carbonyl (C=O) groups excluding carboxylic acids is 1. The molecule has 0 amide bonds. The zero-order valence-electron chi connectivity index (χ0n) is 29.1. The maximum absolute atomic E-state index is 12.1. The predicted molar refractivity (Wildman–Crippen MR) is 181 cm³/mol. The molecule has 2 aliphatic heterocycles. The van der Waals surface area contributed by atoms with Gasteiger partial charge in [-0.15, -0.1) is 6.58 Å². The first-order chi connectivity index (χ1) is 21.8. The lowest BCUT2D eigenvalue weighted by atomic mass is 9.70. The van der Waals surface area contributed by atoms with Crippen LogP contribution in [0.5, 0.6) is 0 Å². The summed E-state index contributed by atoms with van der Waals surface area (Å²) in [5, 5.41) is 9.87. The van der Waals surface area contributed by atoms with Crippen LogP contribution >= 0.6 is 0 Å². The maximum atomic E-state index is 12.1. The molecule has 1 aromatic rings. The Labute approximate surface area is 277 Å². The molecule has 2 aliphatic rings. The van der Waals surface area contributed by atoms with Crippen LogP contribution in [0.2, 0.25) is 25.7 Å². The highest BCUT2D eigenvalue weighted by Crippen LogP contribution is 2.51. The molecular weight excluding hydrogens is 604 g/mol. The lowest BCUT2D eigenvalue weighted by molar-refractivity contribution is -0.363. The second kappa shape index (κ2) is 18.0. The molecule has 0 saturated carbocycles. The summed E-state index contributed by atoms with van der Waals surface area (Å²) in [4.78, 5) is 12.1. The Morgan fingerprint density at radius 3 is 2.52 bits per heavy atom. The van der Waals surface area contributed by atoms with E-state index in [1.165, 1.54) is 7.11 Å². The molecule has 9 nitrogen and oxygen atoms in total. The zero-order chi connectivity index (χ0) is 33.8. The molecule has 6 atom stereocenters. The lowest BCUT2D eigenvalue weighted by Crippen LogP contribution is -2.63. The molecule has 3 rings (SSSR count). The van der Waals surface area contributed by atoms with Crippen molar-refractivity contribution in [3.63, 3.8) is 0 Å². The highest BCUT2D eigenvalue weighted by Gasteiger charge is 2.58. The molecule has 2 fully saturated rings. The smallest absolute Gasteiger partial charge is 0.330 e. The van der Waals surface area contributed by atoms with Gasteiger partial charge in [-0.3, -0.25) is 0 Å². The fourth-order valence-corrected chi connectivity index (χ4v) is 7.07. The Bertz CT molecular complexity index is 1100. The molecule has 0 bridgehead atoms. The van der Waals surface area contributed by atoms with E-state index in [4.69, 9.17) is 33.2 Å². The molecule has 10 heteroatoms. The Morgan fingerprint density at radius 1 is 1.15 bits per heavy atom. The fraction of sp³-hybridized carbons (Fsp3) is 0.694. The molecule has 0 unspecified atom stereocenters. The number of hydrogen-bond donors (Lipinski definition) is 1. The second-order valence-electron chi connectivity index (χ2n) is 14.3. The summed E-state index contributed by atoms with van der Waals surface area (Å²) in [5.41, 5.74) is 1.44. The Kier molecular flexibility index (Phi) is 15.1. The van der Waals surface area contributed by atoms with Crippen LogP contribution in [0.15, 0.2) is 54.6 Å². The van der Waals surface area contributed by atoms with Crippen molar-refractivity contribution in [2.24, 2.45) is 5.41 Å². The first-order valence-corrected chi connectivity index (χ1v) is 20.3. The summed E-state index contributed by atoms with van der Waals surface area (Å²) in [6.45, 7) is 16.4. The van der Waals surface area contributed by atoms with Gasteiger partial charge < -0.3 is 38.3 Å². The second-order valence-corrected chi connectivity index (χ2v) is 19.9. The van der Waals surface area contributed by atoms with Gasteiger partial charge in [0.1, 0.15) is 6.79 Å². The number of hydrogen-bond acceptors (Lipinski definition) is 9. The first kappa shape index (κ1) is 38.6. The number of rotatable bonds is 18. The van der Waals surface area contributed by atoms with Gasteiger partial charge >= 0.3 is 5.97 Å². The third kappa shape index (κ3) is 11.4. The molecule has 2 saturated heterocycles. The molecule has 0 aliphatic carbocycles. The standard InChI is InChI=1S/C36H58O9Si/c1-9-29-19-28(21-34(38)39-4)20-32(44-29)24-36(40-5)35(2,3)33(42-25-27-13-11-10-12-14-27)23-31(45-36)22-30(15-16-37)43-26-41-17-18-46(6,7)8/h9-14,21,29-33,37H,1,15-20,22-26H2,2-8H3/b28-21+/t29-,30+,31+,32-,33-,36-/m0/s1. The summed E-state index contributed by atoms with van der Waals surface area (Å²) in [6.07, 6.45) is 5.14. The van der Waals surface area contributed by atoms with E-state index in [1.54, 1.807) is 19.3 Å². The summed E-state index contributed by atoms with van der Waals surface area (Å²) < 4.78 is 43.3. The van der Waals surface area contributed by atoms with Gasteiger partial charge in [0, 0.05) is 59.2 Å². The monoisotopic (exact) mass is 662 g/mol. The highest BCUT2D eigenvalue weighted by atomic mass is 28.3. The van der Waals surface area contributed by atoms with E-state index in [-0.39, 0.29) is 49.9 Å². The molecule has 0 spiro atoms. The Balaban J connectivity index is 1.84. The van der Waals surface area contributed by atoms with Crippen LogP contribution in [-0.4, -0.2) is 89.7 Å². The molecule has 2 heterocycles. The largest absolute Gasteiger partial charge is 0.466 e. The SMILES string of the molecule is C=C[C@H]1C/C(=C\C(=O)OC)C[C@@H](C[C@]2(OC)O[C@H](C[C@@H](CCO)OCOCC[Si](C)(C)C)C[C@H](OCc3ccccc3)C2(C)C)O1. The molecule has 1 N–H and O–H groups in total. The number of benzene rings is 1. The van der Waals surface area contributed by atoms with Gasteiger partial charge in [0.15, 0.2) is 5.79 Å². The zero-order valence-corrected chi connectivity index (χ0v) is 30.1. The van der Waals surface area contributed by atoms with Gasteiger partial charge in [0.2, 0.25) is 0 Å². The highest BCUT2D eigenvalue weighted by molar-refractivity contribution is 6.76. The third-order valence-electron chi connectivity index (χ3n) is 9.21. The first-order valence-electron chi connectivity index (χ1n) is 16.6. The summed E-state index contributed by atoms with van der Waals surface area (Å²) >= 11 is 0. The van der Waals surface area contributed by atoms with Crippen LogP contribution < -0.4 is 0 Å². The minimum absolute atomic E-state index is 0.00466. The van der Waals surface area contributed by atoms with E-state index in [9.17, 15) is 9.90 Å². The van der Waals surface area contributed by atoms with Crippen LogP contribution in [-0.2, 0) is 44.6 Å². The average molecular weight is 663 g/mol. The van der Waals surface area contributed by atoms with Crippen molar-refractivity contribution in [3.05, 3.63) is 60.2 Å². The minimum atomic E-state index is -1.21. The van der Waals surface area contributed by atoms with Gasteiger partial charge in [0.05, 0.1) is 44.2 Å². The number of aliphatic hydroxyl groups is 1. The number of aliphatic hydroxyl groups excluding tert-OH is 1. The molecule has 1 aromatic carbocycles. The predicted octanol–water partition coefficient (Wildman–Crippen LogP) is 6.42. The van der Waals surface area contributed by atoms with E-state index in [0.29, 0.717) is 51.7 Å². The maximum Gasteiger partial charge on any atom is 0.330 e. The van der Waals surface area contributed by atoms with Crippen LogP contribution in [0, 0.1) is 5.41 Å². The van der Waals surface area contributed by atoms with Crippen molar-refractivity contribution in [3.8, 4) is 0 Å². The van der Waals surface area contributed by atoms with Crippen LogP contribution in [0.3, 0.4) is 0 Å². The van der Waals surface area contributed by atoms with E-state index in [1.807, 2.05) is 18.2 Å². The van der Waals surface area contributed by atoms with Crippen molar-refractivity contribution in [2.45, 2.75) is 121 Å². The molecular formula is C36H58O9Si. The quantitative estimate of drug-likeness (QED) is 0.0476. The van der Waals surface area contributed by atoms with Gasteiger partial charge in [-0.05, 0) is 30.9 Å². The lowest BCUT2D eigenvalue weighted by Gasteiger charge is -2.56. The van der Waals surface area contributed by atoms with Gasteiger partial charge in [-0.25, -0.2) is 4.79 Å². The van der Waals surface area contributed by atoms with Crippen molar-refractivity contribution in [1.82, 2.24) is 0 Å². The number of esters is 1. The molecule has 260 valence electrons. The third-order valence-corrected chi connectivity index (χ3v) is 10.9. The van der Waals surface area contributed by atoms with Crippen LogP contribution in [0.1, 0.15) is 57.9 Å². The van der Waals surface area contributed by atoms with Crippen LogP contribution in [0.25, 0.3) is 0 Å². The van der Waals surface area contributed by atoms with E-state index < -0.39 is 19.3 Å². The van der Waals surface area contributed by atoms with Crippen molar-refractivity contribution < 1.29 is 43.1 Å². The van der Waals surface area contributed by atoms with Gasteiger partial charge in [0.25, 0.3) is 0 Å². The fourth-order valence-electron chi connectivity index (χ4n) is 6.31. The topological polar surface area (TPSA) is 102 Å². The number of ether oxygens (including phenoxy) is 7. The molecule has 0 aromatic heterocycles. The minimum Gasteiger partial charge on any atom is -0.466 e. The van der Waals surface area contributed by atoms with Gasteiger partial charge in [-0.2, -0.15) is 0 Å². The van der Waals surface area contributed by atoms with Crippen LogP contribution in [0.4, 0.5) is 0 Å². The van der Waals surface area contributed by atoms with E-state index >= 15 is 0 Å². The summed E-state index contributed by atoms with van der Waals surface area (Å²) in [6, 6.07) is 11.2. The molecule has 46 heavy (non-hydrogen) atoms. The van der Waals surface area contributed by atoms with E-state index in [0.717, 1.165) is 17.2 Å². The Morgan fingerprint density at radius 2 is 1.89 bits per heavy atom.